The molecule has 0 amide bonds. The van der Waals surface area contributed by atoms with Crippen molar-refractivity contribution in [3.05, 3.63) is 65.7 Å². The number of thiocarbonyl (C=S) groups is 1. The topological polar surface area (TPSA) is 45.6 Å². The van der Waals surface area contributed by atoms with Gasteiger partial charge in [-0.1, -0.05) is 50.1 Å². The average molecular weight is 356 g/mol. The lowest BCUT2D eigenvalue weighted by Crippen LogP contribution is -2.31. The lowest BCUT2D eigenvalue weighted by molar-refractivity contribution is 0.306. The Kier molecular flexibility index (Phi) is 8.49. The van der Waals surface area contributed by atoms with Crippen LogP contribution in [0.1, 0.15) is 37.3 Å². The molecule has 0 aliphatic carbocycles. The average Bonchev–Trinajstić information content (AvgIpc) is 2.66. The Balaban J connectivity index is 1.69. The minimum Gasteiger partial charge on any atom is -0.494 e. The van der Waals surface area contributed by atoms with Gasteiger partial charge in [-0.3, -0.25) is 5.43 Å². The Morgan fingerprint density at radius 3 is 2.56 bits per heavy atom. The lowest BCUT2D eigenvalue weighted by Gasteiger charge is -2.07. The summed E-state index contributed by atoms with van der Waals surface area (Å²) < 4.78 is 5.69. The third kappa shape index (κ3) is 7.81. The second-order valence-corrected chi connectivity index (χ2v) is 6.07. The normalized spacial score (nSPS) is 10.6. The van der Waals surface area contributed by atoms with E-state index < -0.39 is 0 Å². The lowest BCUT2D eigenvalue weighted by atomic mass is 10.2. The first-order chi connectivity index (χ1) is 12.3. The highest BCUT2D eigenvalue weighted by molar-refractivity contribution is 7.80. The molecule has 2 aromatic rings. The van der Waals surface area contributed by atoms with Crippen LogP contribution in [0.5, 0.6) is 5.75 Å². The summed E-state index contributed by atoms with van der Waals surface area (Å²) in [6, 6.07) is 18.0. The minimum atomic E-state index is 0.496. The van der Waals surface area contributed by atoms with Crippen molar-refractivity contribution in [1.82, 2.24) is 10.7 Å². The molecule has 2 rings (SSSR count). The molecule has 0 saturated carbocycles. The van der Waals surface area contributed by atoms with Gasteiger partial charge >= 0.3 is 0 Å². The summed E-state index contributed by atoms with van der Waals surface area (Å²) in [5.74, 6) is 0.890. The molecule has 4 nitrogen and oxygen atoms in total. The van der Waals surface area contributed by atoms with E-state index in [2.05, 4.69) is 22.8 Å². The zero-order chi connectivity index (χ0) is 17.7. The van der Waals surface area contributed by atoms with Crippen LogP contribution >= 0.6 is 12.2 Å². The second kappa shape index (κ2) is 11.2. The maximum atomic E-state index is 5.69. The van der Waals surface area contributed by atoms with Crippen molar-refractivity contribution in [1.29, 1.82) is 0 Å². The first-order valence-electron chi connectivity index (χ1n) is 8.61. The predicted octanol–water partition coefficient (Wildman–Crippen LogP) is 4.25. The molecule has 5 heteroatoms. The Morgan fingerprint density at radius 2 is 1.84 bits per heavy atom. The fourth-order valence-electron chi connectivity index (χ4n) is 2.18. The van der Waals surface area contributed by atoms with E-state index in [1.165, 1.54) is 18.4 Å². The minimum absolute atomic E-state index is 0.496. The van der Waals surface area contributed by atoms with Crippen LogP contribution in [0.2, 0.25) is 0 Å². The summed E-state index contributed by atoms with van der Waals surface area (Å²) in [5, 5.41) is 7.76. The molecular weight excluding hydrogens is 330 g/mol. The number of hydrazone groups is 1. The molecule has 0 aromatic heterocycles. The SMILES string of the molecule is CCCCCOc1ccc(/C=N\NC(=S)NCc2ccccc2)cc1. The van der Waals surface area contributed by atoms with Gasteiger partial charge < -0.3 is 10.1 Å². The first kappa shape index (κ1) is 18.9. The molecule has 0 atom stereocenters. The van der Waals surface area contributed by atoms with E-state index in [0.29, 0.717) is 11.7 Å². The molecule has 0 spiro atoms. The maximum Gasteiger partial charge on any atom is 0.187 e. The monoisotopic (exact) mass is 355 g/mol. The van der Waals surface area contributed by atoms with Gasteiger partial charge in [0, 0.05) is 6.54 Å². The molecule has 25 heavy (non-hydrogen) atoms. The van der Waals surface area contributed by atoms with Crippen LogP contribution < -0.4 is 15.5 Å². The summed E-state index contributed by atoms with van der Waals surface area (Å²) >= 11 is 5.20. The van der Waals surface area contributed by atoms with E-state index in [-0.39, 0.29) is 0 Å². The van der Waals surface area contributed by atoms with Crippen molar-refractivity contribution < 1.29 is 4.74 Å². The molecule has 2 aromatic carbocycles. The number of hydrogen-bond donors (Lipinski definition) is 2. The molecule has 0 radical (unpaired) electrons. The number of ether oxygens (including phenoxy) is 1. The van der Waals surface area contributed by atoms with E-state index in [1.54, 1.807) is 6.21 Å². The van der Waals surface area contributed by atoms with Crippen molar-refractivity contribution in [2.45, 2.75) is 32.7 Å². The van der Waals surface area contributed by atoms with Gasteiger partial charge in [-0.2, -0.15) is 5.10 Å². The quantitative estimate of drug-likeness (QED) is 0.305. The zero-order valence-electron chi connectivity index (χ0n) is 14.6. The van der Waals surface area contributed by atoms with Crippen molar-refractivity contribution in [2.75, 3.05) is 6.61 Å². The summed E-state index contributed by atoms with van der Waals surface area (Å²) in [7, 11) is 0. The number of unbranched alkanes of at least 4 members (excludes halogenated alkanes) is 2. The molecule has 0 saturated heterocycles. The van der Waals surface area contributed by atoms with Gasteiger partial charge in [0.05, 0.1) is 12.8 Å². The van der Waals surface area contributed by atoms with Gasteiger partial charge in [0.25, 0.3) is 0 Å². The van der Waals surface area contributed by atoms with Gasteiger partial charge in [-0.25, -0.2) is 0 Å². The van der Waals surface area contributed by atoms with E-state index in [9.17, 15) is 0 Å². The third-order valence-electron chi connectivity index (χ3n) is 3.57. The molecule has 132 valence electrons. The molecule has 2 N–H and O–H groups in total. The smallest absolute Gasteiger partial charge is 0.187 e. The number of nitrogens with zero attached hydrogens (tertiary/aromatic N) is 1. The van der Waals surface area contributed by atoms with Gasteiger partial charge in [-0.15, -0.1) is 0 Å². The van der Waals surface area contributed by atoms with E-state index in [0.717, 1.165) is 24.3 Å². The maximum absolute atomic E-state index is 5.69. The third-order valence-corrected chi connectivity index (χ3v) is 3.81. The van der Waals surface area contributed by atoms with Gasteiger partial charge in [-0.05, 0) is 54.0 Å². The predicted molar refractivity (Wildman–Crippen MR) is 108 cm³/mol. The Hall–Kier alpha value is -2.40. The summed E-state index contributed by atoms with van der Waals surface area (Å²) in [6.07, 6.45) is 5.23. The summed E-state index contributed by atoms with van der Waals surface area (Å²) in [5.41, 5.74) is 4.98. The number of benzene rings is 2. The van der Waals surface area contributed by atoms with Gasteiger partial charge in [0.2, 0.25) is 0 Å². The van der Waals surface area contributed by atoms with Crippen LogP contribution in [0, 0.1) is 0 Å². The molecule has 0 bridgehead atoms. The Bertz CT molecular complexity index is 656. The van der Waals surface area contributed by atoms with Crippen LogP contribution in [0.4, 0.5) is 0 Å². The molecule has 0 fully saturated rings. The van der Waals surface area contributed by atoms with Crippen LogP contribution in [0.15, 0.2) is 59.7 Å². The fourth-order valence-corrected chi connectivity index (χ4v) is 2.30. The van der Waals surface area contributed by atoms with Crippen molar-refractivity contribution in [3.8, 4) is 5.75 Å². The van der Waals surface area contributed by atoms with Crippen molar-refractivity contribution in [3.63, 3.8) is 0 Å². The van der Waals surface area contributed by atoms with Gasteiger partial charge in [0.1, 0.15) is 5.75 Å². The number of nitrogens with one attached hydrogen (secondary N) is 2. The fraction of sp³-hybridized carbons (Fsp3) is 0.300. The number of rotatable bonds is 9. The zero-order valence-corrected chi connectivity index (χ0v) is 15.4. The highest BCUT2D eigenvalue weighted by atomic mass is 32.1. The number of hydrogen-bond acceptors (Lipinski definition) is 3. The highest BCUT2D eigenvalue weighted by Gasteiger charge is 1.96. The van der Waals surface area contributed by atoms with Crippen LogP contribution in [0.3, 0.4) is 0 Å². The van der Waals surface area contributed by atoms with Crippen LogP contribution in [0.25, 0.3) is 0 Å². The summed E-state index contributed by atoms with van der Waals surface area (Å²) in [6.45, 7) is 3.63. The van der Waals surface area contributed by atoms with E-state index in [4.69, 9.17) is 17.0 Å². The van der Waals surface area contributed by atoms with Gasteiger partial charge in [0.15, 0.2) is 5.11 Å². The molecule has 0 heterocycles. The molecule has 0 aliphatic heterocycles. The second-order valence-electron chi connectivity index (χ2n) is 5.66. The molecule has 0 unspecified atom stereocenters. The van der Waals surface area contributed by atoms with Crippen LogP contribution in [-0.2, 0) is 6.54 Å². The Morgan fingerprint density at radius 1 is 1.08 bits per heavy atom. The Labute approximate surface area is 155 Å². The summed E-state index contributed by atoms with van der Waals surface area (Å²) in [4.78, 5) is 0. The highest BCUT2D eigenvalue weighted by Crippen LogP contribution is 2.11. The van der Waals surface area contributed by atoms with Crippen molar-refractivity contribution in [2.24, 2.45) is 5.10 Å². The molecule has 0 aliphatic rings. The molecular formula is C20H25N3OS. The van der Waals surface area contributed by atoms with E-state index >= 15 is 0 Å². The first-order valence-corrected chi connectivity index (χ1v) is 9.02. The standard InChI is InChI=1S/C20H25N3OS/c1-2-3-7-14-24-19-12-10-18(11-13-19)16-22-23-20(25)21-15-17-8-5-4-6-9-17/h4-6,8-13,16H,2-3,7,14-15H2,1H3,(H2,21,23,25)/b22-16-. The largest absolute Gasteiger partial charge is 0.494 e. The van der Waals surface area contributed by atoms with Crippen molar-refractivity contribution >= 4 is 23.5 Å². The van der Waals surface area contributed by atoms with Crippen LogP contribution in [-0.4, -0.2) is 17.9 Å². The van der Waals surface area contributed by atoms with E-state index in [1.807, 2.05) is 54.6 Å².